The van der Waals surface area contributed by atoms with E-state index in [4.69, 9.17) is 10.00 Å². The third kappa shape index (κ3) is 3.10. The standard InChI is InChI=1S/C14H14FN3O/c1-2-6-18-9-13(8-17-18)19-10-12-5-3-4-11(7-16)14(12)15/h3-5,8-9H,2,6,10H2,1H3. The van der Waals surface area contributed by atoms with Crippen molar-refractivity contribution >= 4 is 0 Å². The summed E-state index contributed by atoms with van der Waals surface area (Å²) >= 11 is 0. The van der Waals surface area contributed by atoms with Crippen molar-refractivity contribution in [3.8, 4) is 11.8 Å². The fraction of sp³-hybridized carbons (Fsp3) is 0.286. The predicted octanol–water partition coefficient (Wildman–Crippen LogP) is 2.88. The Bertz CT molecular complexity index is 601. The molecule has 2 rings (SSSR count). The number of benzene rings is 1. The molecular weight excluding hydrogens is 245 g/mol. The summed E-state index contributed by atoms with van der Waals surface area (Å²) in [5.74, 6) is 0.0705. The molecule has 19 heavy (non-hydrogen) atoms. The van der Waals surface area contributed by atoms with Gasteiger partial charge in [-0.15, -0.1) is 0 Å². The molecule has 4 nitrogen and oxygen atoms in total. The SMILES string of the molecule is CCCn1cc(OCc2cccc(C#N)c2F)cn1. The topological polar surface area (TPSA) is 50.8 Å². The first-order valence-electron chi connectivity index (χ1n) is 6.07. The minimum atomic E-state index is -0.522. The summed E-state index contributed by atoms with van der Waals surface area (Å²) in [6.45, 7) is 2.96. The van der Waals surface area contributed by atoms with Crippen molar-refractivity contribution in [3.63, 3.8) is 0 Å². The zero-order chi connectivity index (χ0) is 13.7. The van der Waals surface area contributed by atoms with E-state index < -0.39 is 5.82 Å². The highest BCUT2D eigenvalue weighted by molar-refractivity contribution is 5.34. The van der Waals surface area contributed by atoms with Crippen molar-refractivity contribution in [1.29, 1.82) is 5.26 Å². The molecular formula is C14H14FN3O. The maximum absolute atomic E-state index is 13.8. The van der Waals surface area contributed by atoms with Crippen LogP contribution in [-0.2, 0) is 13.2 Å². The summed E-state index contributed by atoms with van der Waals surface area (Å²) < 4.78 is 21.0. The Morgan fingerprint density at radius 1 is 1.47 bits per heavy atom. The molecule has 1 aromatic heterocycles. The van der Waals surface area contributed by atoms with Crippen LogP contribution < -0.4 is 4.74 Å². The van der Waals surface area contributed by atoms with E-state index in [-0.39, 0.29) is 12.2 Å². The van der Waals surface area contributed by atoms with Crippen LogP contribution in [0.2, 0.25) is 0 Å². The van der Waals surface area contributed by atoms with Gasteiger partial charge in [0, 0.05) is 12.1 Å². The van der Waals surface area contributed by atoms with Gasteiger partial charge in [-0.05, 0) is 12.5 Å². The molecule has 0 bridgehead atoms. The van der Waals surface area contributed by atoms with Gasteiger partial charge < -0.3 is 4.74 Å². The van der Waals surface area contributed by atoms with E-state index in [1.165, 1.54) is 6.07 Å². The molecule has 1 heterocycles. The van der Waals surface area contributed by atoms with Crippen molar-refractivity contribution in [2.45, 2.75) is 26.5 Å². The zero-order valence-corrected chi connectivity index (χ0v) is 10.6. The number of halogens is 1. The Kier molecular flexibility index (Phi) is 4.14. The van der Waals surface area contributed by atoms with Crippen molar-refractivity contribution < 1.29 is 9.13 Å². The first-order chi connectivity index (χ1) is 9.24. The lowest BCUT2D eigenvalue weighted by molar-refractivity contribution is 0.299. The molecule has 0 fully saturated rings. The van der Waals surface area contributed by atoms with E-state index in [0.29, 0.717) is 11.3 Å². The van der Waals surface area contributed by atoms with E-state index >= 15 is 0 Å². The van der Waals surface area contributed by atoms with Crippen LogP contribution in [0.15, 0.2) is 30.6 Å². The Balaban J connectivity index is 2.04. The van der Waals surface area contributed by atoms with Gasteiger partial charge in [0.1, 0.15) is 18.5 Å². The fourth-order valence-electron chi connectivity index (χ4n) is 1.71. The maximum Gasteiger partial charge on any atom is 0.157 e. The van der Waals surface area contributed by atoms with E-state index in [0.717, 1.165) is 13.0 Å². The molecule has 1 aromatic carbocycles. The van der Waals surface area contributed by atoms with Crippen LogP contribution in [0.1, 0.15) is 24.5 Å². The van der Waals surface area contributed by atoms with Crippen molar-refractivity contribution in [1.82, 2.24) is 9.78 Å². The van der Waals surface area contributed by atoms with Crippen LogP contribution in [0.3, 0.4) is 0 Å². The lowest BCUT2D eigenvalue weighted by Gasteiger charge is -2.05. The second-order valence-electron chi connectivity index (χ2n) is 4.12. The minimum Gasteiger partial charge on any atom is -0.486 e. The van der Waals surface area contributed by atoms with Gasteiger partial charge in [0.25, 0.3) is 0 Å². The number of nitriles is 1. The molecule has 98 valence electrons. The number of nitrogens with zero attached hydrogens (tertiary/aromatic N) is 3. The van der Waals surface area contributed by atoms with Crippen molar-refractivity contribution in [2.24, 2.45) is 0 Å². The highest BCUT2D eigenvalue weighted by atomic mass is 19.1. The monoisotopic (exact) mass is 259 g/mol. The first kappa shape index (κ1) is 13.1. The number of aromatic nitrogens is 2. The predicted molar refractivity (Wildman–Crippen MR) is 68.0 cm³/mol. The van der Waals surface area contributed by atoms with Crippen LogP contribution in [0, 0.1) is 17.1 Å². The third-order valence-corrected chi connectivity index (χ3v) is 2.66. The highest BCUT2D eigenvalue weighted by Crippen LogP contribution is 2.16. The zero-order valence-electron chi connectivity index (χ0n) is 10.6. The largest absolute Gasteiger partial charge is 0.486 e. The van der Waals surface area contributed by atoms with Crippen LogP contribution in [0.4, 0.5) is 4.39 Å². The number of hydrogen-bond donors (Lipinski definition) is 0. The van der Waals surface area contributed by atoms with Gasteiger partial charge >= 0.3 is 0 Å². The maximum atomic E-state index is 13.8. The van der Waals surface area contributed by atoms with Gasteiger partial charge in [-0.25, -0.2) is 4.39 Å². The fourth-order valence-corrected chi connectivity index (χ4v) is 1.71. The minimum absolute atomic E-state index is 0.0304. The smallest absolute Gasteiger partial charge is 0.157 e. The molecule has 5 heteroatoms. The van der Waals surface area contributed by atoms with Crippen LogP contribution in [0.5, 0.6) is 5.75 Å². The summed E-state index contributed by atoms with van der Waals surface area (Å²) in [6.07, 6.45) is 4.36. The lowest BCUT2D eigenvalue weighted by atomic mass is 10.1. The molecule has 0 aliphatic carbocycles. The van der Waals surface area contributed by atoms with Gasteiger partial charge in [-0.3, -0.25) is 4.68 Å². The lowest BCUT2D eigenvalue weighted by Crippen LogP contribution is -2.00. The molecule has 0 amide bonds. The average molecular weight is 259 g/mol. The molecule has 0 N–H and O–H groups in total. The molecule has 0 aliphatic heterocycles. The Morgan fingerprint density at radius 3 is 3.05 bits per heavy atom. The van der Waals surface area contributed by atoms with Gasteiger partial charge in [-0.2, -0.15) is 10.4 Å². The molecule has 0 atom stereocenters. The van der Waals surface area contributed by atoms with Gasteiger partial charge in [0.2, 0.25) is 0 Å². The molecule has 0 radical (unpaired) electrons. The van der Waals surface area contributed by atoms with Gasteiger partial charge in [-0.1, -0.05) is 19.1 Å². The van der Waals surface area contributed by atoms with E-state index in [2.05, 4.69) is 12.0 Å². The van der Waals surface area contributed by atoms with Crippen molar-refractivity contribution in [2.75, 3.05) is 0 Å². The Labute approximate surface area is 111 Å². The van der Waals surface area contributed by atoms with Crippen LogP contribution in [0.25, 0.3) is 0 Å². The number of ether oxygens (including phenoxy) is 1. The molecule has 0 unspecified atom stereocenters. The van der Waals surface area contributed by atoms with E-state index in [1.54, 1.807) is 29.2 Å². The molecule has 2 aromatic rings. The van der Waals surface area contributed by atoms with E-state index in [1.807, 2.05) is 6.07 Å². The Morgan fingerprint density at radius 2 is 2.32 bits per heavy atom. The molecule has 0 aliphatic rings. The molecule has 0 saturated carbocycles. The third-order valence-electron chi connectivity index (χ3n) is 2.66. The summed E-state index contributed by atoms with van der Waals surface area (Å²) in [4.78, 5) is 0. The summed E-state index contributed by atoms with van der Waals surface area (Å²) in [5, 5.41) is 12.9. The summed E-state index contributed by atoms with van der Waals surface area (Å²) in [6, 6.07) is 6.49. The van der Waals surface area contributed by atoms with Gasteiger partial charge in [0.15, 0.2) is 5.75 Å². The molecule has 0 saturated heterocycles. The average Bonchev–Trinajstić information content (AvgIpc) is 2.86. The molecule has 0 spiro atoms. The number of aryl methyl sites for hydroxylation is 1. The second kappa shape index (κ2) is 6.01. The van der Waals surface area contributed by atoms with Crippen LogP contribution in [-0.4, -0.2) is 9.78 Å². The van der Waals surface area contributed by atoms with E-state index in [9.17, 15) is 4.39 Å². The van der Waals surface area contributed by atoms with Crippen molar-refractivity contribution in [3.05, 3.63) is 47.5 Å². The Hall–Kier alpha value is -2.35. The highest BCUT2D eigenvalue weighted by Gasteiger charge is 2.08. The quantitative estimate of drug-likeness (QED) is 0.829. The van der Waals surface area contributed by atoms with Gasteiger partial charge in [0.05, 0.1) is 18.0 Å². The number of hydrogen-bond acceptors (Lipinski definition) is 3. The number of rotatable bonds is 5. The normalized spacial score (nSPS) is 10.2. The van der Waals surface area contributed by atoms with Crippen LogP contribution >= 0.6 is 0 Å². The first-order valence-corrected chi connectivity index (χ1v) is 6.07. The second-order valence-corrected chi connectivity index (χ2v) is 4.12. The summed E-state index contributed by atoms with van der Waals surface area (Å²) in [7, 11) is 0. The summed E-state index contributed by atoms with van der Waals surface area (Å²) in [5.41, 5.74) is 0.394.